The maximum absolute atomic E-state index is 12.4. The van der Waals surface area contributed by atoms with Gasteiger partial charge in [0.25, 0.3) is 5.91 Å². The number of furan rings is 1. The molecule has 1 aliphatic rings. The fourth-order valence-corrected chi connectivity index (χ4v) is 3.96. The predicted molar refractivity (Wildman–Crippen MR) is 110 cm³/mol. The quantitative estimate of drug-likeness (QED) is 0.541. The Morgan fingerprint density at radius 2 is 2.03 bits per heavy atom. The van der Waals surface area contributed by atoms with E-state index in [1.54, 1.807) is 23.5 Å². The first kappa shape index (κ1) is 19.8. The Labute approximate surface area is 176 Å². The summed E-state index contributed by atoms with van der Waals surface area (Å²) in [4.78, 5) is 42.3. The number of hydrogen-bond acceptors (Lipinski definition) is 6. The van der Waals surface area contributed by atoms with E-state index >= 15 is 0 Å². The summed E-state index contributed by atoms with van der Waals surface area (Å²) in [5.74, 6) is -0.228. The molecule has 2 N–H and O–H groups in total. The molecule has 3 aromatic rings. The van der Waals surface area contributed by atoms with Crippen molar-refractivity contribution in [3.8, 4) is 11.3 Å². The molecule has 2 aromatic heterocycles. The molecule has 3 heterocycles. The first-order valence-corrected chi connectivity index (χ1v) is 10.4. The summed E-state index contributed by atoms with van der Waals surface area (Å²) in [6, 6.07) is 11.9. The van der Waals surface area contributed by atoms with Gasteiger partial charge < -0.3 is 15.1 Å². The lowest BCUT2D eigenvalue weighted by atomic mass is 10.2. The number of carbonyl (C=O) groups is 3. The van der Waals surface area contributed by atoms with E-state index in [1.807, 2.05) is 35.7 Å². The minimum atomic E-state index is -0.864. The molecule has 1 aromatic carbocycles. The smallest absolute Gasteiger partial charge is 0.325 e. The lowest BCUT2D eigenvalue weighted by Gasteiger charge is -2.11. The maximum atomic E-state index is 12.4. The molecule has 1 unspecified atom stereocenters. The van der Waals surface area contributed by atoms with Crippen molar-refractivity contribution in [1.82, 2.24) is 20.5 Å². The predicted octanol–water partition coefficient (Wildman–Crippen LogP) is 2.57. The minimum Gasteiger partial charge on any atom is -0.467 e. The van der Waals surface area contributed by atoms with Crippen molar-refractivity contribution in [1.29, 1.82) is 0 Å². The molecular weight excluding hydrogens is 404 g/mol. The summed E-state index contributed by atoms with van der Waals surface area (Å²) in [6.07, 6.45) is 1.97. The molecule has 1 aliphatic heterocycles. The van der Waals surface area contributed by atoms with Gasteiger partial charge in [0, 0.05) is 23.9 Å². The van der Waals surface area contributed by atoms with Crippen molar-refractivity contribution < 1.29 is 18.8 Å². The van der Waals surface area contributed by atoms with Crippen LogP contribution in [0.5, 0.6) is 0 Å². The Balaban J connectivity index is 1.24. The van der Waals surface area contributed by atoms with Crippen LogP contribution in [0.4, 0.5) is 4.79 Å². The zero-order valence-corrected chi connectivity index (χ0v) is 16.9. The van der Waals surface area contributed by atoms with Crippen LogP contribution in [-0.2, 0) is 22.6 Å². The molecule has 1 atom stereocenters. The van der Waals surface area contributed by atoms with Crippen molar-refractivity contribution in [2.24, 2.45) is 0 Å². The first-order chi connectivity index (χ1) is 14.6. The number of nitrogens with zero attached hydrogens (tertiary/aromatic N) is 2. The third-order valence-electron chi connectivity index (χ3n) is 4.67. The number of nitrogens with one attached hydrogen (secondary N) is 2. The summed E-state index contributed by atoms with van der Waals surface area (Å²) in [7, 11) is 0. The molecule has 9 heteroatoms. The molecular formula is C21H20N4O4S. The number of amides is 4. The van der Waals surface area contributed by atoms with Crippen molar-refractivity contribution >= 4 is 29.2 Å². The SMILES string of the molecule is O=C(CC1NC(=O)N(Cc2ccco2)C1=O)NCCc1nc(-c2ccccc2)cs1. The molecule has 4 amide bonds. The Morgan fingerprint density at radius 1 is 1.20 bits per heavy atom. The molecule has 1 fully saturated rings. The van der Waals surface area contributed by atoms with Gasteiger partial charge in [-0.2, -0.15) is 0 Å². The number of benzene rings is 1. The van der Waals surface area contributed by atoms with Crippen LogP contribution in [0.1, 0.15) is 17.2 Å². The van der Waals surface area contributed by atoms with E-state index in [0.717, 1.165) is 21.2 Å². The van der Waals surface area contributed by atoms with E-state index in [1.165, 1.54) is 6.26 Å². The summed E-state index contributed by atoms with van der Waals surface area (Å²) in [5, 5.41) is 8.25. The van der Waals surface area contributed by atoms with E-state index in [4.69, 9.17) is 4.42 Å². The van der Waals surface area contributed by atoms with Crippen LogP contribution < -0.4 is 10.6 Å². The topological polar surface area (TPSA) is 105 Å². The van der Waals surface area contributed by atoms with Gasteiger partial charge in [-0.05, 0) is 12.1 Å². The van der Waals surface area contributed by atoms with Gasteiger partial charge in [-0.15, -0.1) is 11.3 Å². The lowest BCUT2D eigenvalue weighted by molar-refractivity contribution is -0.131. The van der Waals surface area contributed by atoms with Gasteiger partial charge in [0.1, 0.15) is 11.8 Å². The second-order valence-electron chi connectivity index (χ2n) is 6.80. The average molecular weight is 424 g/mol. The van der Waals surface area contributed by atoms with Gasteiger partial charge in [0.2, 0.25) is 5.91 Å². The minimum absolute atomic E-state index is 0.0452. The van der Waals surface area contributed by atoms with Crippen molar-refractivity contribution in [3.63, 3.8) is 0 Å². The zero-order chi connectivity index (χ0) is 20.9. The molecule has 1 saturated heterocycles. The van der Waals surface area contributed by atoms with Crippen molar-refractivity contribution in [2.45, 2.75) is 25.4 Å². The number of carbonyl (C=O) groups excluding carboxylic acids is 3. The van der Waals surface area contributed by atoms with Gasteiger partial charge in [0.15, 0.2) is 0 Å². The summed E-state index contributed by atoms with van der Waals surface area (Å²) < 4.78 is 5.18. The molecule has 4 rings (SSSR count). The number of thiazole rings is 1. The highest BCUT2D eigenvalue weighted by Gasteiger charge is 2.39. The number of rotatable bonds is 8. The molecule has 154 valence electrons. The third-order valence-corrected chi connectivity index (χ3v) is 5.58. The van der Waals surface area contributed by atoms with Gasteiger partial charge in [-0.3, -0.25) is 14.5 Å². The molecule has 0 aliphatic carbocycles. The van der Waals surface area contributed by atoms with Gasteiger partial charge in [-0.1, -0.05) is 30.3 Å². The lowest BCUT2D eigenvalue weighted by Crippen LogP contribution is -2.37. The average Bonchev–Trinajstić information content (AvgIpc) is 3.48. The van der Waals surface area contributed by atoms with E-state index < -0.39 is 18.0 Å². The standard InChI is InChI=1S/C21H20N4O4S/c26-18(11-16-20(27)25(21(28)24-16)12-15-7-4-10-29-15)22-9-8-19-23-17(13-30-19)14-5-2-1-3-6-14/h1-7,10,13,16H,8-9,11-12H2,(H,22,26)(H,24,28). The van der Waals surface area contributed by atoms with E-state index in [0.29, 0.717) is 18.7 Å². The molecule has 0 bridgehead atoms. The number of urea groups is 1. The summed E-state index contributed by atoms with van der Waals surface area (Å²) in [5.41, 5.74) is 1.97. The Morgan fingerprint density at radius 3 is 2.80 bits per heavy atom. The van der Waals surface area contributed by atoms with E-state index in [9.17, 15) is 14.4 Å². The van der Waals surface area contributed by atoms with Crippen LogP contribution in [0.15, 0.2) is 58.5 Å². The Bertz CT molecular complexity index is 1030. The van der Waals surface area contributed by atoms with Crippen LogP contribution >= 0.6 is 11.3 Å². The van der Waals surface area contributed by atoms with Crippen LogP contribution in [0.3, 0.4) is 0 Å². The van der Waals surface area contributed by atoms with Crippen LogP contribution in [0.2, 0.25) is 0 Å². The fourth-order valence-electron chi connectivity index (χ4n) is 3.16. The number of aromatic nitrogens is 1. The second kappa shape index (κ2) is 8.91. The zero-order valence-electron chi connectivity index (χ0n) is 16.0. The highest BCUT2D eigenvalue weighted by molar-refractivity contribution is 7.09. The first-order valence-electron chi connectivity index (χ1n) is 9.51. The third kappa shape index (κ3) is 4.57. The molecule has 30 heavy (non-hydrogen) atoms. The Hall–Kier alpha value is -3.46. The molecule has 0 spiro atoms. The largest absolute Gasteiger partial charge is 0.467 e. The molecule has 0 radical (unpaired) electrons. The van der Waals surface area contributed by atoms with E-state index in [2.05, 4.69) is 15.6 Å². The van der Waals surface area contributed by atoms with Gasteiger partial charge in [0.05, 0.1) is 29.9 Å². The fraction of sp³-hybridized carbons (Fsp3) is 0.238. The summed E-state index contributed by atoms with van der Waals surface area (Å²) in [6.45, 7) is 0.453. The van der Waals surface area contributed by atoms with Crippen LogP contribution in [0, 0.1) is 0 Å². The van der Waals surface area contributed by atoms with Crippen molar-refractivity contribution in [3.05, 3.63) is 64.9 Å². The van der Waals surface area contributed by atoms with Crippen molar-refractivity contribution in [2.75, 3.05) is 6.54 Å². The molecule has 0 saturated carbocycles. The van der Waals surface area contributed by atoms with Gasteiger partial charge >= 0.3 is 6.03 Å². The monoisotopic (exact) mass is 424 g/mol. The summed E-state index contributed by atoms with van der Waals surface area (Å²) >= 11 is 1.54. The Kier molecular flexibility index (Phi) is 5.89. The highest BCUT2D eigenvalue weighted by atomic mass is 32.1. The second-order valence-corrected chi connectivity index (χ2v) is 7.75. The molecule has 8 nitrogen and oxygen atoms in total. The van der Waals surface area contributed by atoms with E-state index in [-0.39, 0.29) is 18.9 Å². The maximum Gasteiger partial charge on any atom is 0.325 e. The number of imide groups is 1. The van der Waals surface area contributed by atoms with Crippen LogP contribution in [-0.4, -0.2) is 40.3 Å². The number of hydrogen-bond donors (Lipinski definition) is 2. The normalized spacial score (nSPS) is 16.0. The highest BCUT2D eigenvalue weighted by Crippen LogP contribution is 2.21. The van der Waals surface area contributed by atoms with Gasteiger partial charge in [-0.25, -0.2) is 9.78 Å². The van der Waals surface area contributed by atoms with Crippen LogP contribution in [0.25, 0.3) is 11.3 Å².